The molecule has 1 amide bonds. The van der Waals surface area contributed by atoms with Gasteiger partial charge < -0.3 is 9.84 Å². The number of amides is 1. The zero-order chi connectivity index (χ0) is 14.6. The van der Waals surface area contributed by atoms with Gasteiger partial charge in [0.15, 0.2) is 0 Å². The van der Waals surface area contributed by atoms with E-state index in [0.29, 0.717) is 0 Å². The van der Waals surface area contributed by atoms with Gasteiger partial charge in [0.2, 0.25) is 0 Å². The van der Waals surface area contributed by atoms with Crippen molar-refractivity contribution in [2.24, 2.45) is 0 Å². The van der Waals surface area contributed by atoms with Crippen LogP contribution in [0.3, 0.4) is 0 Å². The first kappa shape index (κ1) is 14.6. The first-order chi connectivity index (χ1) is 8.70. The van der Waals surface area contributed by atoms with Crippen LogP contribution in [0.5, 0.6) is 0 Å². The van der Waals surface area contributed by atoms with E-state index in [1.807, 2.05) is 0 Å². The van der Waals surface area contributed by atoms with Gasteiger partial charge in [-0.25, -0.2) is 9.59 Å². The fraction of sp³-hybridized carbons (Fsp3) is 0.333. The summed E-state index contributed by atoms with van der Waals surface area (Å²) in [4.78, 5) is 37.2. The van der Waals surface area contributed by atoms with Crippen LogP contribution in [0.2, 0.25) is 0 Å². The average Bonchev–Trinajstić information content (AvgIpc) is 2.26. The van der Waals surface area contributed by atoms with Crippen molar-refractivity contribution >= 4 is 23.5 Å². The van der Waals surface area contributed by atoms with E-state index >= 15 is 0 Å². The topological polar surface area (TPSA) is 106 Å². The molecule has 0 radical (unpaired) electrons. The lowest BCUT2D eigenvalue weighted by Gasteiger charge is -2.20. The maximum atomic E-state index is 11.6. The van der Waals surface area contributed by atoms with Gasteiger partial charge in [-0.05, 0) is 32.9 Å². The molecule has 1 heterocycles. The van der Waals surface area contributed by atoms with Crippen LogP contribution in [-0.4, -0.2) is 33.5 Å². The molecule has 0 unspecified atom stereocenters. The van der Waals surface area contributed by atoms with Gasteiger partial charge >= 0.3 is 12.1 Å². The molecule has 1 rings (SSSR count). The van der Waals surface area contributed by atoms with E-state index < -0.39 is 23.4 Å². The number of pyridine rings is 1. The minimum Gasteiger partial charge on any atom is -0.475 e. The van der Waals surface area contributed by atoms with Crippen LogP contribution in [0.1, 0.15) is 31.3 Å². The number of carbonyl (C=O) groups excluding carboxylic acids is 2. The SMILES string of the molecule is CC(C)(C)OC(=O)Nc1cccnc1C(=O)C(=O)O. The van der Waals surface area contributed by atoms with Gasteiger partial charge in [0.05, 0.1) is 5.69 Å². The quantitative estimate of drug-likeness (QED) is 0.637. The van der Waals surface area contributed by atoms with Crippen LogP contribution in [0.4, 0.5) is 10.5 Å². The van der Waals surface area contributed by atoms with Crippen molar-refractivity contribution in [3.63, 3.8) is 0 Å². The van der Waals surface area contributed by atoms with Crippen molar-refractivity contribution in [2.75, 3.05) is 5.32 Å². The third-order valence-electron chi connectivity index (χ3n) is 1.85. The van der Waals surface area contributed by atoms with Gasteiger partial charge in [-0.3, -0.25) is 15.1 Å². The summed E-state index contributed by atoms with van der Waals surface area (Å²) in [6, 6.07) is 2.83. The first-order valence-corrected chi connectivity index (χ1v) is 5.43. The highest BCUT2D eigenvalue weighted by molar-refractivity contribution is 6.40. The molecule has 102 valence electrons. The maximum Gasteiger partial charge on any atom is 0.412 e. The van der Waals surface area contributed by atoms with Gasteiger partial charge in [-0.15, -0.1) is 0 Å². The molecule has 0 atom stereocenters. The predicted molar refractivity (Wildman–Crippen MR) is 66.1 cm³/mol. The number of aromatic nitrogens is 1. The van der Waals surface area contributed by atoms with Crippen molar-refractivity contribution in [3.8, 4) is 0 Å². The molecule has 7 heteroatoms. The van der Waals surface area contributed by atoms with Gasteiger partial charge in [0.25, 0.3) is 5.78 Å². The fourth-order valence-electron chi connectivity index (χ4n) is 1.20. The number of hydrogen-bond donors (Lipinski definition) is 2. The first-order valence-electron chi connectivity index (χ1n) is 5.43. The molecule has 2 N–H and O–H groups in total. The van der Waals surface area contributed by atoms with Crippen molar-refractivity contribution in [2.45, 2.75) is 26.4 Å². The average molecular weight is 266 g/mol. The second kappa shape index (κ2) is 5.47. The Kier molecular flexibility index (Phi) is 4.21. The van der Waals surface area contributed by atoms with Crippen LogP contribution in [0.15, 0.2) is 18.3 Å². The molecule has 1 aromatic rings. The second-order valence-electron chi connectivity index (χ2n) is 4.66. The van der Waals surface area contributed by atoms with Crippen LogP contribution >= 0.6 is 0 Å². The van der Waals surface area contributed by atoms with E-state index in [2.05, 4.69) is 10.3 Å². The minimum absolute atomic E-state index is 0.0100. The molecule has 1 aromatic heterocycles. The van der Waals surface area contributed by atoms with Crippen LogP contribution in [-0.2, 0) is 9.53 Å². The summed E-state index contributed by atoms with van der Waals surface area (Å²) in [6.45, 7) is 5.04. The molecular formula is C12H14N2O5. The van der Waals surface area contributed by atoms with Crippen LogP contribution in [0.25, 0.3) is 0 Å². The zero-order valence-electron chi connectivity index (χ0n) is 10.8. The minimum atomic E-state index is -1.65. The third kappa shape index (κ3) is 4.38. The molecule has 19 heavy (non-hydrogen) atoms. The Labute approximate surface area is 109 Å². The zero-order valence-corrected chi connectivity index (χ0v) is 10.8. The number of ketones is 1. The Hall–Kier alpha value is -2.44. The molecule has 0 saturated carbocycles. The number of nitrogens with zero attached hydrogens (tertiary/aromatic N) is 1. The van der Waals surface area contributed by atoms with E-state index in [0.717, 1.165) is 0 Å². The highest BCUT2D eigenvalue weighted by Gasteiger charge is 2.22. The van der Waals surface area contributed by atoms with Crippen LogP contribution in [0, 0.1) is 0 Å². The summed E-state index contributed by atoms with van der Waals surface area (Å²) in [6.07, 6.45) is 0.469. The number of carboxylic acids is 1. The Morgan fingerprint density at radius 3 is 2.47 bits per heavy atom. The molecule has 0 aromatic carbocycles. The largest absolute Gasteiger partial charge is 0.475 e. The number of ether oxygens (including phenoxy) is 1. The molecule has 0 fully saturated rings. The maximum absolute atomic E-state index is 11.6. The molecule has 0 bridgehead atoms. The number of aliphatic carboxylic acids is 1. The van der Waals surface area contributed by atoms with Crippen molar-refractivity contribution < 1.29 is 24.2 Å². The smallest absolute Gasteiger partial charge is 0.412 e. The predicted octanol–water partition coefficient (Wildman–Crippen LogP) is 1.70. The molecule has 0 aliphatic heterocycles. The summed E-state index contributed by atoms with van der Waals surface area (Å²) in [7, 11) is 0. The Morgan fingerprint density at radius 2 is 1.95 bits per heavy atom. The standard InChI is InChI=1S/C12H14N2O5/c1-12(2,3)19-11(18)14-7-5-4-6-13-8(7)9(15)10(16)17/h4-6H,1-3H3,(H,14,18)(H,16,17). The molecule has 0 saturated heterocycles. The molecule has 0 aliphatic rings. The number of Topliss-reactive ketones (excluding diaryl/α,β-unsaturated/α-hetero) is 1. The lowest BCUT2D eigenvalue weighted by Crippen LogP contribution is -2.28. The summed E-state index contributed by atoms with van der Waals surface area (Å²) in [5.74, 6) is -2.85. The highest BCUT2D eigenvalue weighted by Crippen LogP contribution is 2.15. The third-order valence-corrected chi connectivity index (χ3v) is 1.85. The van der Waals surface area contributed by atoms with Crippen LogP contribution < -0.4 is 5.32 Å². The summed E-state index contributed by atoms with van der Waals surface area (Å²) >= 11 is 0. The monoisotopic (exact) mass is 266 g/mol. The summed E-state index contributed by atoms with van der Waals surface area (Å²) < 4.78 is 5.00. The molecule has 0 spiro atoms. The number of rotatable bonds is 3. The Bertz CT molecular complexity index is 519. The number of nitrogens with one attached hydrogen (secondary N) is 1. The number of carbonyl (C=O) groups is 3. The Morgan fingerprint density at radius 1 is 1.32 bits per heavy atom. The number of carboxylic acid groups (broad SMARTS) is 1. The Balaban J connectivity index is 2.93. The lowest BCUT2D eigenvalue weighted by atomic mass is 10.2. The van der Waals surface area contributed by atoms with Gasteiger partial charge in [-0.1, -0.05) is 0 Å². The van der Waals surface area contributed by atoms with E-state index in [-0.39, 0.29) is 11.4 Å². The molecule has 7 nitrogen and oxygen atoms in total. The van der Waals surface area contributed by atoms with E-state index in [9.17, 15) is 14.4 Å². The number of hydrogen-bond acceptors (Lipinski definition) is 5. The second-order valence-corrected chi connectivity index (χ2v) is 4.66. The fourth-order valence-corrected chi connectivity index (χ4v) is 1.20. The number of anilines is 1. The normalized spacial score (nSPS) is 10.7. The summed E-state index contributed by atoms with van der Waals surface area (Å²) in [5, 5.41) is 10.9. The van der Waals surface area contributed by atoms with Crippen molar-refractivity contribution in [1.29, 1.82) is 0 Å². The summed E-state index contributed by atoms with van der Waals surface area (Å²) in [5.41, 5.74) is -1.06. The highest BCUT2D eigenvalue weighted by atomic mass is 16.6. The van der Waals surface area contributed by atoms with Gasteiger partial charge in [-0.2, -0.15) is 0 Å². The van der Waals surface area contributed by atoms with E-state index in [1.54, 1.807) is 20.8 Å². The molecular weight excluding hydrogens is 252 g/mol. The molecule has 0 aliphatic carbocycles. The van der Waals surface area contributed by atoms with Crippen molar-refractivity contribution in [1.82, 2.24) is 4.98 Å². The van der Waals surface area contributed by atoms with E-state index in [4.69, 9.17) is 9.84 Å². The van der Waals surface area contributed by atoms with Gasteiger partial charge in [0.1, 0.15) is 11.3 Å². The van der Waals surface area contributed by atoms with E-state index in [1.165, 1.54) is 18.3 Å². The lowest BCUT2D eigenvalue weighted by molar-refractivity contribution is -0.131. The van der Waals surface area contributed by atoms with Crippen molar-refractivity contribution in [3.05, 3.63) is 24.0 Å². The van der Waals surface area contributed by atoms with Gasteiger partial charge in [0, 0.05) is 6.20 Å².